The van der Waals surface area contributed by atoms with Gasteiger partial charge in [0, 0.05) is 0 Å². The van der Waals surface area contributed by atoms with Crippen LogP contribution in [0.1, 0.15) is 45.1 Å². The van der Waals surface area contributed by atoms with E-state index < -0.39 is 0 Å². The van der Waals surface area contributed by atoms with E-state index in [4.69, 9.17) is 9.47 Å². The van der Waals surface area contributed by atoms with Crippen molar-refractivity contribution in [3.8, 4) is 5.75 Å². The van der Waals surface area contributed by atoms with Crippen LogP contribution in [-0.4, -0.2) is 13.7 Å². The second-order valence-electron chi connectivity index (χ2n) is 7.09. The number of ether oxygens (including phenoxy) is 2. The van der Waals surface area contributed by atoms with Crippen LogP contribution < -0.4 is 4.74 Å². The van der Waals surface area contributed by atoms with Crippen molar-refractivity contribution < 1.29 is 9.47 Å². The molecule has 3 rings (SSSR count). The fourth-order valence-corrected chi connectivity index (χ4v) is 4.31. The van der Waals surface area contributed by atoms with Crippen LogP contribution >= 0.6 is 0 Å². The normalized spacial score (nSPS) is 30.8. The molecule has 22 heavy (non-hydrogen) atoms. The number of methoxy groups -OCH3 is 1. The lowest BCUT2D eigenvalue weighted by Crippen LogP contribution is -2.35. The lowest BCUT2D eigenvalue weighted by atomic mass is 9.64. The van der Waals surface area contributed by atoms with Gasteiger partial charge in [0.15, 0.2) is 0 Å². The first-order valence-corrected chi connectivity index (χ1v) is 8.54. The number of benzene rings is 1. The second kappa shape index (κ2) is 6.45. The van der Waals surface area contributed by atoms with Crippen LogP contribution in [-0.2, 0) is 11.3 Å². The Morgan fingerprint density at radius 2 is 1.95 bits per heavy atom. The van der Waals surface area contributed by atoms with Gasteiger partial charge < -0.3 is 9.47 Å². The van der Waals surface area contributed by atoms with Crippen LogP contribution in [0.3, 0.4) is 0 Å². The lowest BCUT2D eigenvalue weighted by Gasteiger charge is -2.41. The van der Waals surface area contributed by atoms with Crippen molar-refractivity contribution in [2.45, 2.75) is 46.1 Å². The monoisotopic (exact) mass is 300 g/mol. The topological polar surface area (TPSA) is 18.5 Å². The lowest BCUT2D eigenvalue weighted by molar-refractivity contribution is 0.0336. The van der Waals surface area contributed by atoms with E-state index in [1.165, 1.54) is 31.2 Å². The highest BCUT2D eigenvalue weighted by Crippen LogP contribution is 2.55. The predicted molar refractivity (Wildman–Crippen MR) is 90.0 cm³/mol. The number of fused-ring (bicyclic) bond motifs is 1. The molecular formula is C20H28O2. The van der Waals surface area contributed by atoms with E-state index >= 15 is 0 Å². The molecule has 1 aromatic rings. The van der Waals surface area contributed by atoms with Gasteiger partial charge in [-0.3, -0.25) is 0 Å². The first kappa shape index (κ1) is 15.6. The quantitative estimate of drug-likeness (QED) is 0.714. The van der Waals surface area contributed by atoms with E-state index in [0.29, 0.717) is 17.9 Å². The Morgan fingerprint density at radius 1 is 1.18 bits per heavy atom. The Hall–Kier alpha value is -1.28. The predicted octanol–water partition coefficient (Wildman–Crippen LogP) is 4.98. The summed E-state index contributed by atoms with van der Waals surface area (Å²) < 4.78 is 11.3. The summed E-state index contributed by atoms with van der Waals surface area (Å²) in [6.07, 6.45) is 7.66. The average molecular weight is 300 g/mol. The van der Waals surface area contributed by atoms with E-state index in [1.807, 2.05) is 12.1 Å². The fraction of sp³-hybridized carbons (Fsp3) is 0.600. The summed E-state index contributed by atoms with van der Waals surface area (Å²) in [5.41, 5.74) is 3.29. The molecule has 1 aromatic carbocycles. The first-order valence-electron chi connectivity index (χ1n) is 8.54. The molecule has 2 aliphatic carbocycles. The fourth-order valence-electron chi connectivity index (χ4n) is 4.31. The van der Waals surface area contributed by atoms with Crippen LogP contribution in [0.15, 0.2) is 35.9 Å². The van der Waals surface area contributed by atoms with Crippen LogP contribution in [0.4, 0.5) is 0 Å². The maximum atomic E-state index is 6.07. The van der Waals surface area contributed by atoms with E-state index in [0.717, 1.165) is 18.3 Å². The summed E-state index contributed by atoms with van der Waals surface area (Å²) >= 11 is 0. The summed E-state index contributed by atoms with van der Waals surface area (Å²) in [7, 11) is 1.70. The van der Waals surface area contributed by atoms with Gasteiger partial charge in [-0.15, -0.1) is 0 Å². The number of allylic oxidation sites excluding steroid dienone is 2. The van der Waals surface area contributed by atoms with Crippen LogP contribution in [0.25, 0.3) is 0 Å². The Bertz CT molecular complexity index is 531. The standard InChI is InChI=1S/C20H28O2/c1-15-5-4-6-17-9-10-18(20(15,17)2)14-22-13-16-7-11-19(21-3)12-8-16/h6-8,11-12,15,18H,4-5,9-10,13-14H2,1-3H3/t15-,18+,20+/m0/s1. The number of rotatable bonds is 5. The summed E-state index contributed by atoms with van der Waals surface area (Å²) in [4.78, 5) is 0. The van der Waals surface area contributed by atoms with Crippen molar-refractivity contribution in [1.82, 2.24) is 0 Å². The van der Waals surface area contributed by atoms with Crippen molar-refractivity contribution in [2.75, 3.05) is 13.7 Å². The summed E-state index contributed by atoms with van der Waals surface area (Å²) in [5, 5.41) is 0. The number of hydrogen-bond donors (Lipinski definition) is 0. The SMILES string of the molecule is COc1ccc(COC[C@H]2CCC3=CCC[C@H](C)[C@]32C)cc1. The molecular weight excluding hydrogens is 272 g/mol. The molecule has 1 saturated carbocycles. The Morgan fingerprint density at radius 3 is 2.68 bits per heavy atom. The molecule has 0 N–H and O–H groups in total. The minimum atomic E-state index is 0.373. The molecule has 3 atom stereocenters. The molecule has 1 fully saturated rings. The first-order chi connectivity index (χ1) is 10.6. The van der Waals surface area contributed by atoms with Gasteiger partial charge >= 0.3 is 0 Å². The Kier molecular flexibility index (Phi) is 4.58. The molecule has 2 heteroatoms. The van der Waals surface area contributed by atoms with E-state index in [-0.39, 0.29) is 0 Å². The largest absolute Gasteiger partial charge is 0.497 e. The van der Waals surface area contributed by atoms with E-state index in [1.54, 1.807) is 12.7 Å². The van der Waals surface area contributed by atoms with Crippen LogP contribution in [0.2, 0.25) is 0 Å². The molecule has 0 bridgehead atoms. The highest BCUT2D eigenvalue weighted by molar-refractivity contribution is 5.27. The smallest absolute Gasteiger partial charge is 0.118 e. The molecule has 120 valence electrons. The maximum absolute atomic E-state index is 6.07. The highest BCUT2D eigenvalue weighted by atomic mass is 16.5. The molecule has 2 aliphatic rings. The second-order valence-corrected chi connectivity index (χ2v) is 7.09. The molecule has 0 aromatic heterocycles. The van der Waals surface area contributed by atoms with Crippen LogP contribution in [0.5, 0.6) is 5.75 Å². The molecule has 0 saturated heterocycles. The third-order valence-electron chi connectivity index (χ3n) is 6.06. The van der Waals surface area contributed by atoms with Crippen molar-refractivity contribution in [3.05, 3.63) is 41.5 Å². The van der Waals surface area contributed by atoms with Gasteiger partial charge in [-0.05, 0) is 60.6 Å². The Balaban J connectivity index is 1.57. The van der Waals surface area contributed by atoms with Gasteiger partial charge in [0.05, 0.1) is 20.3 Å². The van der Waals surface area contributed by atoms with Gasteiger partial charge in [-0.25, -0.2) is 0 Å². The van der Waals surface area contributed by atoms with Crippen molar-refractivity contribution in [2.24, 2.45) is 17.3 Å². The minimum Gasteiger partial charge on any atom is -0.497 e. The van der Waals surface area contributed by atoms with Gasteiger partial charge in [-0.1, -0.05) is 37.6 Å². The third-order valence-corrected chi connectivity index (χ3v) is 6.06. The molecule has 2 nitrogen and oxygen atoms in total. The zero-order chi connectivity index (χ0) is 15.6. The molecule has 0 radical (unpaired) electrons. The van der Waals surface area contributed by atoms with Crippen molar-refractivity contribution >= 4 is 0 Å². The third kappa shape index (κ3) is 2.81. The minimum absolute atomic E-state index is 0.373. The summed E-state index contributed by atoms with van der Waals surface area (Å²) in [6, 6.07) is 8.17. The van der Waals surface area contributed by atoms with Crippen molar-refractivity contribution in [1.29, 1.82) is 0 Å². The van der Waals surface area contributed by atoms with Crippen LogP contribution in [0, 0.1) is 17.3 Å². The van der Waals surface area contributed by atoms with Gasteiger partial charge in [0.25, 0.3) is 0 Å². The summed E-state index contributed by atoms with van der Waals surface area (Å²) in [5.74, 6) is 2.36. The average Bonchev–Trinajstić information content (AvgIpc) is 2.87. The molecule has 0 unspecified atom stereocenters. The zero-order valence-corrected chi connectivity index (χ0v) is 14.1. The Labute approximate surface area is 134 Å². The molecule has 0 aliphatic heterocycles. The zero-order valence-electron chi connectivity index (χ0n) is 14.1. The van der Waals surface area contributed by atoms with Crippen molar-refractivity contribution in [3.63, 3.8) is 0 Å². The molecule has 0 heterocycles. The van der Waals surface area contributed by atoms with E-state index in [2.05, 4.69) is 32.1 Å². The van der Waals surface area contributed by atoms with Gasteiger partial charge in [-0.2, -0.15) is 0 Å². The van der Waals surface area contributed by atoms with Gasteiger partial charge in [0.2, 0.25) is 0 Å². The van der Waals surface area contributed by atoms with Gasteiger partial charge in [0.1, 0.15) is 5.75 Å². The maximum Gasteiger partial charge on any atom is 0.118 e. The van der Waals surface area contributed by atoms with E-state index in [9.17, 15) is 0 Å². The molecule has 0 amide bonds. The summed E-state index contributed by atoms with van der Waals surface area (Å²) in [6.45, 7) is 6.47. The molecule has 0 spiro atoms. The number of hydrogen-bond acceptors (Lipinski definition) is 2. The highest BCUT2D eigenvalue weighted by Gasteiger charge is 2.47.